The Balaban J connectivity index is 1.63. The highest BCUT2D eigenvalue weighted by atomic mass is 16.5. The Morgan fingerprint density at radius 3 is 2.61 bits per heavy atom. The van der Waals surface area contributed by atoms with E-state index in [-0.39, 0.29) is 11.9 Å². The number of hydrogen-bond donors (Lipinski definition) is 1. The van der Waals surface area contributed by atoms with Gasteiger partial charge >= 0.3 is 0 Å². The van der Waals surface area contributed by atoms with Gasteiger partial charge in [-0.2, -0.15) is 0 Å². The van der Waals surface area contributed by atoms with E-state index in [1.165, 1.54) is 0 Å². The second kappa shape index (κ2) is 7.15. The van der Waals surface area contributed by atoms with Crippen molar-refractivity contribution < 1.29 is 9.53 Å². The zero-order chi connectivity index (χ0) is 16.1. The van der Waals surface area contributed by atoms with Gasteiger partial charge in [0, 0.05) is 31.7 Å². The number of amides is 1. The molecule has 1 amide bonds. The molecule has 3 heterocycles. The summed E-state index contributed by atoms with van der Waals surface area (Å²) in [7, 11) is 0. The van der Waals surface area contributed by atoms with Crippen molar-refractivity contribution >= 4 is 11.9 Å². The molecule has 0 radical (unpaired) electrons. The van der Waals surface area contributed by atoms with Crippen LogP contribution in [0.3, 0.4) is 0 Å². The Labute approximate surface area is 134 Å². The third-order valence-corrected chi connectivity index (χ3v) is 3.67. The number of carbonyl (C=O) groups is 1. The van der Waals surface area contributed by atoms with Crippen molar-refractivity contribution in [3.8, 4) is 0 Å². The molecule has 1 N–H and O–H groups in total. The van der Waals surface area contributed by atoms with Crippen molar-refractivity contribution in [3.05, 3.63) is 48.0 Å². The minimum Gasteiger partial charge on any atom is -0.378 e. The van der Waals surface area contributed by atoms with Crippen LogP contribution in [0.15, 0.2) is 36.8 Å². The van der Waals surface area contributed by atoms with E-state index < -0.39 is 0 Å². The van der Waals surface area contributed by atoms with Gasteiger partial charge < -0.3 is 15.0 Å². The average Bonchev–Trinajstić information content (AvgIpc) is 2.63. The molecule has 0 aromatic carbocycles. The fourth-order valence-electron chi connectivity index (χ4n) is 2.35. The van der Waals surface area contributed by atoms with Crippen molar-refractivity contribution in [2.24, 2.45) is 0 Å². The Bertz CT molecular complexity index is 641. The predicted octanol–water partition coefficient (Wildman–Crippen LogP) is 1.20. The molecule has 2 aromatic heterocycles. The van der Waals surface area contributed by atoms with Crippen molar-refractivity contribution in [1.82, 2.24) is 20.3 Å². The van der Waals surface area contributed by atoms with Crippen molar-refractivity contribution in [3.63, 3.8) is 0 Å². The lowest BCUT2D eigenvalue weighted by Crippen LogP contribution is -2.37. The van der Waals surface area contributed by atoms with Gasteiger partial charge in [0.1, 0.15) is 0 Å². The van der Waals surface area contributed by atoms with Crippen LogP contribution in [-0.2, 0) is 4.74 Å². The van der Waals surface area contributed by atoms with E-state index in [1.54, 1.807) is 18.6 Å². The van der Waals surface area contributed by atoms with E-state index in [0.29, 0.717) is 24.7 Å². The maximum Gasteiger partial charge on any atom is 0.254 e. The number of nitrogens with one attached hydrogen (secondary N) is 1. The first-order valence-electron chi connectivity index (χ1n) is 7.60. The Morgan fingerprint density at radius 1 is 1.22 bits per heavy atom. The number of pyridine rings is 1. The molecular weight excluding hydrogens is 294 g/mol. The Morgan fingerprint density at radius 2 is 1.96 bits per heavy atom. The van der Waals surface area contributed by atoms with Crippen LogP contribution in [0.1, 0.15) is 29.0 Å². The monoisotopic (exact) mass is 313 g/mol. The number of aromatic nitrogens is 3. The Kier molecular flexibility index (Phi) is 4.77. The van der Waals surface area contributed by atoms with Gasteiger partial charge in [-0.25, -0.2) is 9.97 Å². The quantitative estimate of drug-likeness (QED) is 0.913. The van der Waals surface area contributed by atoms with Gasteiger partial charge in [0.2, 0.25) is 5.95 Å². The van der Waals surface area contributed by atoms with Crippen LogP contribution in [0, 0.1) is 0 Å². The molecule has 0 bridgehead atoms. The number of ether oxygens (including phenoxy) is 1. The lowest BCUT2D eigenvalue weighted by Gasteiger charge is -2.26. The third-order valence-electron chi connectivity index (χ3n) is 3.67. The van der Waals surface area contributed by atoms with Crippen LogP contribution in [0.25, 0.3) is 0 Å². The van der Waals surface area contributed by atoms with E-state index in [1.807, 2.05) is 30.0 Å². The number of rotatable bonds is 4. The van der Waals surface area contributed by atoms with E-state index in [4.69, 9.17) is 4.74 Å². The van der Waals surface area contributed by atoms with Crippen LogP contribution < -0.4 is 10.2 Å². The van der Waals surface area contributed by atoms with Crippen LogP contribution in [0.4, 0.5) is 5.95 Å². The van der Waals surface area contributed by atoms with Gasteiger partial charge in [0.25, 0.3) is 5.91 Å². The molecule has 1 fully saturated rings. The number of hydrogen-bond acceptors (Lipinski definition) is 6. The van der Waals surface area contributed by atoms with Crippen LogP contribution in [-0.4, -0.2) is 47.2 Å². The molecule has 120 valence electrons. The zero-order valence-electron chi connectivity index (χ0n) is 13.0. The van der Waals surface area contributed by atoms with Crippen molar-refractivity contribution in [2.45, 2.75) is 13.0 Å². The SMILES string of the molecule is C[C@H](NC(=O)c1cnc(N2CCOCC2)nc1)c1ccccn1. The molecular formula is C16H19N5O2. The van der Waals surface area contributed by atoms with Gasteiger partial charge in [-0.1, -0.05) is 6.07 Å². The molecule has 2 aromatic rings. The maximum absolute atomic E-state index is 12.3. The smallest absolute Gasteiger partial charge is 0.254 e. The number of anilines is 1. The fourth-order valence-corrected chi connectivity index (χ4v) is 2.35. The molecule has 1 atom stereocenters. The molecule has 0 spiro atoms. The average molecular weight is 313 g/mol. The fraction of sp³-hybridized carbons (Fsp3) is 0.375. The summed E-state index contributed by atoms with van der Waals surface area (Å²) in [5, 5.41) is 2.90. The van der Waals surface area contributed by atoms with Crippen LogP contribution >= 0.6 is 0 Å². The van der Waals surface area contributed by atoms with Gasteiger partial charge in [-0.3, -0.25) is 9.78 Å². The molecule has 1 aliphatic rings. The molecule has 7 nitrogen and oxygen atoms in total. The van der Waals surface area contributed by atoms with Crippen LogP contribution in [0.2, 0.25) is 0 Å². The molecule has 7 heteroatoms. The summed E-state index contributed by atoms with van der Waals surface area (Å²) in [6.45, 7) is 4.77. The summed E-state index contributed by atoms with van der Waals surface area (Å²) in [5.74, 6) is 0.416. The second-order valence-corrected chi connectivity index (χ2v) is 5.32. The van der Waals surface area contributed by atoms with Gasteiger partial charge in [-0.05, 0) is 19.1 Å². The minimum absolute atomic E-state index is 0.178. The standard InChI is InChI=1S/C16H19N5O2/c1-12(14-4-2-3-5-17-14)20-15(22)13-10-18-16(19-11-13)21-6-8-23-9-7-21/h2-5,10-12H,6-9H2,1H3,(H,20,22)/t12-/m0/s1. The highest BCUT2D eigenvalue weighted by Crippen LogP contribution is 2.11. The minimum atomic E-state index is -0.211. The summed E-state index contributed by atoms with van der Waals surface area (Å²) in [4.78, 5) is 27.1. The van der Waals surface area contributed by atoms with Gasteiger partial charge in [-0.15, -0.1) is 0 Å². The third kappa shape index (κ3) is 3.81. The molecule has 0 saturated carbocycles. The molecule has 0 aliphatic carbocycles. The van der Waals surface area contributed by atoms with Gasteiger partial charge in [0.05, 0.1) is 30.5 Å². The summed E-state index contributed by atoms with van der Waals surface area (Å²) in [5.41, 5.74) is 1.25. The highest BCUT2D eigenvalue weighted by Gasteiger charge is 2.16. The lowest BCUT2D eigenvalue weighted by atomic mass is 10.2. The summed E-state index contributed by atoms with van der Waals surface area (Å²) in [6.07, 6.45) is 4.81. The first kappa shape index (κ1) is 15.4. The largest absolute Gasteiger partial charge is 0.378 e. The number of morpholine rings is 1. The maximum atomic E-state index is 12.3. The molecule has 23 heavy (non-hydrogen) atoms. The van der Waals surface area contributed by atoms with Crippen molar-refractivity contribution in [1.29, 1.82) is 0 Å². The van der Waals surface area contributed by atoms with Crippen molar-refractivity contribution in [2.75, 3.05) is 31.2 Å². The molecule has 1 saturated heterocycles. The lowest BCUT2D eigenvalue weighted by molar-refractivity contribution is 0.0938. The predicted molar refractivity (Wildman–Crippen MR) is 85.2 cm³/mol. The Hall–Kier alpha value is -2.54. The highest BCUT2D eigenvalue weighted by molar-refractivity contribution is 5.93. The van der Waals surface area contributed by atoms with Crippen LogP contribution in [0.5, 0.6) is 0 Å². The molecule has 1 aliphatic heterocycles. The summed E-state index contributed by atoms with van der Waals surface area (Å²) >= 11 is 0. The molecule has 0 unspecified atom stereocenters. The first-order valence-corrected chi connectivity index (χ1v) is 7.60. The van der Waals surface area contributed by atoms with E-state index in [9.17, 15) is 4.79 Å². The second-order valence-electron chi connectivity index (χ2n) is 5.32. The normalized spacial score (nSPS) is 16.0. The van der Waals surface area contributed by atoms with E-state index >= 15 is 0 Å². The van der Waals surface area contributed by atoms with Gasteiger partial charge in [0.15, 0.2) is 0 Å². The topological polar surface area (TPSA) is 80.2 Å². The van der Waals surface area contributed by atoms with E-state index in [2.05, 4.69) is 20.3 Å². The zero-order valence-corrected chi connectivity index (χ0v) is 13.0. The summed E-state index contributed by atoms with van der Waals surface area (Å²) < 4.78 is 5.30. The summed E-state index contributed by atoms with van der Waals surface area (Å²) in [6, 6.07) is 5.44. The molecule has 3 rings (SSSR count). The number of carbonyl (C=O) groups excluding carboxylic acids is 1. The first-order chi connectivity index (χ1) is 11.2. The van der Waals surface area contributed by atoms with E-state index in [0.717, 1.165) is 18.8 Å². The number of nitrogens with zero attached hydrogens (tertiary/aromatic N) is 4.